The second-order valence-corrected chi connectivity index (χ2v) is 7.78. The molecule has 126 valence electrons. The summed E-state index contributed by atoms with van der Waals surface area (Å²) in [6.45, 7) is 7.43. The molecule has 0 radical (unpaired) electrons. The second kappa shape index (κ2) is 9.60. The maximum absolute atomic E-state index is 12.1. The van der Waals surface area contributed by atoms with Crippen molar-refractivity contribution in [2.45, 2.75) is 90.3 Å². The highest BCUT2D eigenvalue weighted by Crippen LogP contribution is 2.43. The average Bonchev–Trinajstić information content (AvgIpc) is 2.41. The van der Waals surface area contributed by atoms with Crippen LogP contribution in [-0.4, -0.2) is 27.0 Å². The number of rotatable bonds is 11. The fourth-order valence-electron chi connectivity index (χ4n) is 2.42. The predicted octanol–water partition coefficient (Wildman–Crippen LogP) is 4.02. The average molecular weight is 322 g/mol. The van der Waals surface area contributed by atoms with Crippen molar-refractivity contribution in [3.8, 4) is 0 Å². The third-order valence-corrected chi connectivity index (χ3v) is 5.06. The van der Waals surface area contributed by atoms with Crippen molar-refractivity contribution in [2.24, 2.45) is 0 Å². The third-order valence-electron chi connectivity index (χ3n) is 3.84. The molecule has 1 atom stereocenters. The lowest BCUT2D eigenvalue weighted by Crippen LogP contribution is -2.38. The van der Waals surface area contributed by atoms with Gasteiger partial charge in [0.05, 0.1) is 0 Å². The molecule has 0 saturated carbocycles. The molecule has 0 aromatic rings. The van der Waals surface area contributed by atoms with Gasteiger partial charge in [-0.25, -0.2) is 0 Å². The van der Waals surface area contributed by atoms with Crippen LogP contribution in [-0.2, 0) is 14.1 Å². The van der Waals surface area contributed by atoms with Gasteiger partial charge in [-0.2, -0.15) is 0 Å². The highest BCUT2D eigenvalue weighted by atomic mass is 31.2. The van der Waals surface area contributed by atoms with Gasteiger partial charge in [-0.05, 0) is 39.0 Å². The minimum absolute atomic E-state index is 0.568. The molecule has 0 aliphatic rings. The largest absolute Gasteiger partial charge is 0.458 e. The Hall–Kier alpha value is -0.380. The van der Waals surface area contributed by atoms with Gasteiger partial charge >= 0.3 is 13.6 Å². The van der Waals surface area contributed by atoms with E-state index in [2.05, 4.69) is 13.8 Å². The van der Waals surface area contributed by atoms with Crippen molar-refractivity contribution in [2.75, 3.05) is 0 Å². The van der Waals surface area contributed by atoms with Gasteiger partial charge < -0.3 is 14.5 Å². The van der Waals surface area contributed by atoms with Crippen molar-refractivity contribution < 1.29 is 23.9 Å². The molecule has 21 heavy (non-hydrogen) atoms. The minimum Gasteiger partial charge on any atom is -0.458 e. The lowest BCUT2D eigenvalue weighted by Gasteiger charge is -2.35. The van der Waals surface area contributed by atoms with Crippen LogP contribution in [0.4, 0.5) is 0 Å². The molecule has 0 rings (SSSR count). The van der Waals surface area contributed by atoms with Gasteiger partial charge in [0.1, 0.15) is 5.60 Å². The number of carbonyl (C=O) groups is 1. The van der Waals surface area contributed by atoms with E-state index in [1.807, 2.05) is 6.92 Å². The number of ether oxygens (including phenoxy) is 1. The molecule has 0 fully saturated rings. The first-order valence-electron chi connectivity index (χ1n) is 8.00. The summed E-state index contributed by atoms with van der Waals surface area (Å²) >= 11 is 0. The van der Waals surface area contributed by atoms with Gasteiger partial charge in [0, 0.05) is 0 Å². The number of esters is 1. The van der Waals surface area contributed by atoms with Gasteiger partial charge in [0.15, 0.2) is 5.66 Å². The summed E-state index contributed by atoms with van der Waals surface area (Å²) in [7, 11) is -4.44. The fraction of sp³-hybridized carbons (Fsp3) is 0.933. The summed E-state index contributed by atoms with van der Waals surface area (Å²) in [5.41, 5.74) is -1.96. The molecular formula is C15H31O5P. The highest BCUT2D eigenvalue weighted by Gasteiger charge is 2.39. The lowest BCUT2D eigenvalue weighted by atomic mass is 9.86. The molecule has 0 spiro atoms. The quantitative estimate of drug-likeness (QED) is 0.443. The Morgan fingerprint density at radius 1 is 1.05 bits per heavy atom. The fourth-order valence-corrected chi connectivity index (χ4v) is 2.74. The van der Waals surface area contributed by atoms with Gasteiger partial charge in [-0.1, -0.05) is 40.0 Å². The van der Waals surface area contributed by atoms with Gasteiger partial charge in [0.25, 0.3) is 0 Å². The molecule has 0 aliphatic heterocycles. The summed E-state index contributed by atoms with van der Waals surface area (Å²) in [6, 6.07) is 0. The Labute approximate surface area is 128 Å². The molecule has 5 nitrogen and oxygen atoms in total. The number of hydrogen-bond donors (Lipinski definition) is 2. The van der Waals surface area contributed by atoms with Crippen LogP contribution in [0, 0.1) is 0 Å². The summed E-state index contributed by atoms with van der Waals surface area (Å²) in [5, 5.41) is 0. The number of unbranched alkanes of at least 4 members (excludes halogenated alkanes) is 2. The zero-order valence-electron chi connectivity index (χ0n) is 13.8. The first-order chi connectivity index (χ1) is 9.72. The van der Waals surface area contributed by atoms with Crippen molar-refractivity contribution in [1.29, 1.82) is 0 Å². The van der Waals surface area contributed by atoms with Crippen LogP contribution in [0.25, 0.3) is 0 Å². The number of carbonyl (C=O) groups excluding carboxylic acids is 1. The molecule has 0 bridgehead atoms. The zero-order valence-corrected chi connectivity index (χ0v) is 14.7. The highest BCUT2D eigenvalue weighted by molar-refractivity contribution is 7.53. The molecular weight excluding hydrogens is 291 g/mol. The second-order valence-electron chi connectivity index (χ2n) is 5.83. The van der Waals surface area contributed by atoms with Crippen molar-refractivity contribution >= 4 is 13.6 Å². The van der Waals surface area contributed by atoms with Crippen molar-refractivity contribution in [3.05, 3.63) is 0 Å². The van der Waals surface area contributed by atoms with E-state index < -0.39 is 24.8 Å². The maximum atomic E-state index is 12.1. The molecule has 1 unspecified atom stereocenters. The number of hydrogen-bond acceptors (Lipinski definition) is 3. The topological polar surface area (TPSA) is 83.8 Å². The van der Waals surface area contributed by atoms with Crippen LogP contribution in [0.3, 0.4) is 0 Å². The van der Waals surface area contributed by atoms with Crippen LogP contribution < -0.4 is 0 Å². The molecule has 0 aliphatic carbocycles. The van der Waals surface area contributed by atoms with Crippen LogP contribution in [0.1, 0.15) is 79.1 Å². The predicted molar refractivity (Wildman–Crippen MR) is 84.3 cm³/mol. The molecule has 2 N–H and O–H groups in total. The van der Waals surface area contributed by atoms with E-state index in [1.54, 1.807) is 0 Å². The zero-order chi connectivity index (χ0) is 16.5. The normalized spacial score (nSPS) is 14.0. The van der Waals surface area contributed by atoms with Gasteiger partial charge in [-0.15, -0.1) is 0 Å². The van der Waals surface area contributed by atoms with E-state index in [4.69, 9.17) is 14.5 Å². The summed E-state index contributed by atoms with van der Waals surface area (Å²) in [6.07, 6.45) is 7.04. The smallest absolute Gasteiger partial charge is 0.339 e. The third kappa shape index (κ3) is 7.44. The Bertz CT molecular complexity index is 342. The summed E-state index contributed by atoms with van der Waals surface area (Å²) in [5.74, 6) is -0.774. The standard InChI is InChI=1S/C15H31O5P/c1-5-8-11-15(10-7-3,12-9-6-2)20-14(16)13(4)21(17,18)19/h13H,5-12H2,1-4H3,(H2,17,18,19). The van der Waals surface area contributed by atoms with Crippen LogP contribution in [0.5, 0.6) is 0 Å². The Morgan fingerprint density at radius 3 is 1.86 bits per heavy atom. The molecule has 0 heterocycles. The first kappa shape index (κ1) is 20.6. The lowest BCUT2D eigenvalue weighted by molar-refractivity contribution is -0.162. The monoisotopic (exact) mass is 322 g/mol. The minimum atomic E-state index is -4.44. The Kier molecular flexibility index (Phi) is 9.43. The SMILES string of the molecule is CCCCC(CCC)(CCCC)OC(=O)C(C)P(=O)(O)O. The molecule has 0 aromatic carbocycles. The van der Waals surface area contributed by atoms with E-state index in [1.165, 1.54) is 6.92 Å². The van der Waals surface area contributed by atoms with E-state index in [-0.39, 0.29) is 0 Å². The molecule has 0 aromatic heterocycles. The van der Waals surface area contributed by atoms with E-state index in [0.717, 1.165) is 51.4 Å². The van der Waals surface area contributed by atoms with Crippen LogP contribution >= 0.6 is 7.60 Å². The van der Waals surface area contributed by atoms with E-state index >= 15 is 0 Å². The summed E-state index contributed by atoms with van der Waals surface area (Å²) in [4.78, 5) is 30.4. The van der Waals surface area contributed by atoms with Crippen LogP contribution in [0.2, 0.25) is 0 Å². The molecule has 0 amide bonds. The van der Waals surface area contributed by atoms with Crippen molar-refractivity contribution in [3.63, 3.8) is 0 Å². The maximum Gasteiger partial charge on any atom is 0.339 e. The van der Waals surface area contributed by atoms with Crippen LogP contribution in [0.15, 0.2) is 0 Å². The Balaban J connectivity index is 5.07. The van der Waals surface area contributed by atoms with E-state index in [0.29, 0.717) is 0 Å². The first-order valence-corrected chi connectivity index (χ1v) is 9.68. The van der Waals surface area contributed by atoms with Crippen molar-refractivity contribution in [1.82, 2.24) is 0 Å². The molecule has 0 saturated heterocycles. The van der Waals surface area contributed by atoms with Gasteiger partial charge in [-0.3, -0.25) is 9.36 Å². The molecule has 6 heteroatoms. The van der Waals surface area contributed by atoms with E-state index in [9.17, 15) is 9.36 Å². The summed E-state index contributed by atoms with van der Waals surface area (Å²) < 4.78 is 16.9. The van der Waals surface area contributed by atoms with Gasteiger partial charge in [0.2, 0.25) is 0 Å². The Morgan fingerprint density at radius 2 is 1.52 bits per heavy atom.